The number of hydrogen-bond acceptors (Lipinski definition) is 2. The monoisotopic (exact) mass is 340 g/mol. The molecule has 1 aliphatic carbocycles. The molecule has 2 heterocycles. The average molecular weight is 341 g/mol. The molecule has 0 aromatic heterocycles. The van der Waals surface area contributed by atoms with E-state index >= 15 is 0 Å². The zero-order valence-electron chi connectivity index (χ0n) is 16.1. The Morgan fingerprint density at radius 2 is 1.00 bits per heavy atom. The van der Waals surface area contributed by atoms with Crippen LogP contribution in [0, 0.1) is 0 Å². The van der Waals surface area contributed by atoms with E-state index < -0.39 is 7.56 Å². The molecule has 0 N–H and O–H groups in total. The van der Waals surface area contributed by atoms with E-state index in [9.17, 15) is 0 Å². The predicted molar refractivity (Wildman–Crippen MR) is 106 cm³/mol. The van der Waals surface area contributed by atoms with Crippen molar-refractivity contribution in [1.82, 2.24) is 9.34 Å². The fraction of sp³-hybridized carbons (Fsp3) is 1.00. The predicted octanol–water partition coefficient (Wildman–Crippen LogP) is 5.67. The average Bonchev–Trinajstić information content (AvgIpc) is 2.57. The van der Waals surface area contributed by atoms with Gasteiger partial charge >= 0.3 is 145 Å². The summed E-state index contributed by atoms with van der Waals surface area (Å²) in [7, 11) is -1.63. The Labute approximate surface area is 145 Å². The maximum absolute atomic E-state index is 3.11. The molecule has 0 atom stereocenters. The molecule has 3 fully saturated rings. The summed E-state index contributed by atoms with van der Waals surface area (Å²) in [6, 6.07) is 0. The first-order valence-corrected chi connectivity index (χ1v) is 12.5. The van der Waals surface area contributed by atoms with E-state index in [1.165, 1.54) is 96.8 Å². The molecule has 0 amide bonds. The van der Waals surface area contributed by atoms with Crippen LogP contribution < -0.4 is 0 Å². The van der Waals surface area contributed by atoms with Gasteiger partial charge in [0.05, 0.1) is 0 Å². The van der Waals surface area contributed by atoms with E-state index in [-0.39, 0.29) is 0 Å². The third-order valence-electron chi connectivity index (χ3n) is 6.95. The van der Waals surface area contributed by atoms with Gasteiger partial charge in [0.15, 0.2) is 0 Å². The molecule has 3 aliphatic rings. The van der Waals surface area contributed by atoms with Crippen LogP contribution in [0.2, 0.25) is 0 Å². The van der Waals surface area contributed by atoms with E-state index in [0.717, 1.165) is 5.66 Å². The third-order valence-corrected chi connectivity index (χ3v) is 13.7. The van der Waals surface area contributed by atoms with Gasteiger partial charge in [-0.3, -0.25) is 0 Å². The molecule has 136 valence electrons. The topological polar surface area (TPSA) is 6.48 Å². The van der Waals surface area contributed by atoms with Gasteiger partial charge in [0.2, 0.25) is 0 Å². The van der Waals surface area contributed by atoms with E-state index in [1.807, 2.05) is 0 Å². The van der Waals surface area contributed by atoms with Crippen LogP contribution in [0.5, 0.6) is 0 Å². The van der Waals surface area contributed by atoms with Gasteiger partial charge in [-0.25, -0.2) is 0 Å². The molecule has 1 saturated carbocycles. The molecule has 3 heteroatoms. The fourth-order valence-corrected chi connectivity index (χ4v) is 14.0. The van der Waals surface area contributed by atoms with Crippen LogP contribution in [0.1, 0.15) is 91.4 Å². The summed E-state index contributed by atoms with van der Waals surface area (Å²) >= 11 is 0. The summed E-state index contributed by atoms with van der Waals surface area (Å²) in [5, 5.41) is 0.476. The van der Waals surface area contributed by atoms with Gasteiger partial charge in [-0.1, -0.05) is 0 Å². The Hall–Kier alpha value is 0.350. The van der Waals surface area contributed by atoms with Crippen LogP contribution in [0.15, 0.2) is 0 Å². The van der Waals surface area contributed by atoms with E-state index in [2.05, 4.69) is 30.1 Å². The van der Waals surface area contributed by atoms with Crippen molar-refractivity contribution in [2.45, 2.75) is 102 Å². The fourth-order valence-electron chi connectivity index (χ4n) is 6.25. The van der Waals surface area contributed by atoms with Crippen molar-refractivity contribution in [2.75, 3.05) is 26.2 Å². The van der Waals surface area contributed by atoms with Crippen LogP contribution >= 0.6 is 7.56 Å². The second kappa shape index (κ2) is 7.71. The second-order valence-corrected chi connectivity index (χ2v) is 14.4. The van der Waals surface area contributed by atoms with Gasteiger partial charge in [-0.2, -0.15) is 0 Å². The molecular formula is C20H41N2P. The van der Waals surface area contributed by atoms with Crippen molar-refractivity contribution < 1.29 is 0 Å². The quantitative estimate of drug-likeness (QED) is 0.611. The minimum absolute atomic E-state index is 0.476. The third kappa shape index (κ3) is 3.51. The van der Waals surface area contributed by atoms with Crippen molar-refractivity contribution >= 4 is 7.56 Å². The zero-order valence-corrected chi connectivity index (χ0v) is 17.1. The molecule has 0 radical (unpaired) electrons. The van der Waals surface area contributed by atoms with Crippen LogP contribution in [0.3, 0.4) is 0 Å². The molecule has 3 rings (SSSR count). The van der Waals surface area contributed by atoms with Crippen LogP contribution in [0.4, 0.5) is 0 Å². The molecule has 23 heavy (non-hydrogen) atoms. The van der Waals surface area contributed by atoms with E-state index in [4.69, 9.17) is 0 Å². The van der Waals surface area contributed by atoms with Gasteiger partial charge in [-0.05, 0) is 0 Å². The molecule has 0 aromatic carbocycles. The summed E-state index contributed by atoms with van der Waals surface area (Å²) < 4.78 is 6.22. The first kappa shape index (κ1) is 18.2. The minimum atomic E-state index is -1.63. The molecule has 2 aliphatic heterocycles. The van der Waals surface area contributed by atoms with Crippen molar-refractivity contribution in [2.24, 2.45) is 0 Å². The zero-order chi connectivity index (χ0) is 16.3. The number of hydrogen-bond donors (Lipinski definition) is 0. The van der Waals surface area contributed by atoms with E-state index in [0.29, 0.717) is 5.16 Å². The first-order valence-electron chi connectivity index (χ1n) is 10.6. The Morgan fingerprint density at radius 1 is 0.609 bits per heavy atom. The van der Waals surface area contributed by atoms with Crippen molar-refractivity contribution in [3.05, 3.63) is 0 Å². The van der Waals surface area contributed by atoms with Gasteiger partial charge in [0.1, 0.15) is 0 Å². The van der Waals surface area contributed by atoms with Crippen molar-refractivity contribution in [1.29, 1.82) is 0 Å². The van der Waals surface area contributed by atoms with Crippen molar-refractivity contribution in [3.63, 3.8) is 0 Å². The number of piperidine rings is 2. The van der Waals surface area contributed by atoms with Crippen LogP contribution in [-0.4, -0.2) is 46.3 Å². The summed E-state index contributed by atoms with van der Waals surface area (Å²) in [5.41, 5.74) is 1.02. The van der Waals surface area contributed by atoms with E-state index in [1.54, 1.807) is 0 Å². The standard InChI is InChI=1S/C20H41N2P/c1-20(2,3)23(19-13-7-4-8-14-19,21-15-9-5-10-16-21)22-17-11-6-12-18-22/h19,23H,4-18H2,1-3H3. The summed E-state index contributed by atoms with van der Waals surface area (Å²) in [6.45, 7) is 13.4. The molecule has 0 aromatic rings. The Morgan fingerprint density at radius 3 is 1.39 bits per heavy atom. The molecule has 0 bridgehead atoms. The first-order chi connectivity index (χ1) is 11.1. The SMILES string of the molecule is CC(C)(C)[PH](C1CCCCC1)(N1CCCCC1)N1CCCCC1. The van der Waals surface area contributed by atoms with Gasteiger partial charge in [0, 0.05) is 0 Å². The van der Waals surface area contributed by atoms with Crippen molar-refractivity contribution in [3.8, 4) is 0 Å². The summed E-state index contributed by atoms with van der Waals surface area (Å²) in [4.78, 5) is 0. The van der Waals surface area contributed by atoms with Gasteiger partial charge in [0.25, 0.3) is 0 Å². The Kier molecular flexibility index (Phi) is 6.08. The Balaban J connectivity index is 1.99. The summed E-state index contributed by atoms with van der Waals surface area (Å²) in [5.74, 6) is 0. The normalized spacial score (nSPS) is 28.0. The maximum atomic E-state index is 3.11. The number of nitrogens with zero attached hydrogens (tertiary/aromatic N) is 2. The molecule has 2 nitrogen and oxygen atoms in total. The molecule has 0 unspecified atom stereocenters. The molecule has 0 spiro atoms. The molecule has 2 saturated heterocycles. The second-order valence-electron chi connectivity index (χ2n) is 9.41. The van der Waals surface area contributed by atoms with Gasteiger partial charge in [-0.15, -0.1) is 0 Å². The number of rotatable bonds is 3. The van der Waals surface area contributed by atoms with Crippen LogP contribution in [-0.2, 0) is 0 Å². The summed E-state index contributed by atoms with van der Waals surface area (Å²) in [6.07, 6.45) is 16.3. The van der Waals surface area contributed by atoms with Gasteiger partial charge < -0.3 is 0 Å². The Bertz CT molecular complexity index is 313. The molecular weight excluding hydrogens is 299 g/mol. The van der Waals surface area contributed by atoms with Crippen LogP contribution in [0.25, 0.3) is 0 Å².